The molecule has 0 aliphatic rings. The lowest BCUT2D eigenvalue weighted by atomic mass is 10.1. The van der Waals surface area contributed by atoms with Crippen molar-refractivity contribution in [3.63, 3.8) is 0 Å². The number of hydrogen-bond acceptors (Lipinski definition) is 4. The van der Waals surface area contributed by atoms with Gasteiger partial charge in [0.2, 0.25) is 10.0 Å². The molecule has 84 valence electrons. The first-order valence-corrected chi connectivity index (χ1v) is 6.03. The van der Waals surface area contributed by atoms with Gasteiger partial charge in [-0.15, -0.1) is 0 Å². The van der Waals surface area contributed by atoms with Crippen LogP contribution < -0.4 is 4.72 Å². The molecule has 0 spiro atoms. The molecule has 0 radical (unpaired) electrons. The van der Waals surface area contributed by atoms with Gasteiger partial charge >= 0.3 is 0 Å². The van der Waals surface area contributed by atoms with Crippen molar-refractivity contribution >= 4 is 15.8 Å². The van der Waals surface area contributed by atoms with Crippen LogP contribution in [0.4, 0.5) is 0 Å². The molecule has 0 heterocycles. The molecule has 0 amide bonds. The maximum absolute atomic E-state index is 11.2. The number of rotatable bonds is 7. The molecule has 0 aromatic heterocycles. The molecule has 0 unspecified atom stereocenters. The minimum absolute atomic E-state index is 0.116. The SMILES string of the molecule is COCCS(=O)(=O)NCC(=O)C(C)C. The molecular weight excluding hydrogens is 206 g/mol. The van der Waals surface area contributed by atoms with Crippen LogP contribution in [-0.4, -0.2) is 40.2 Å². The summed E-state index contributed by atoms with van der Waals surface area (Å²) in [5.74, 6) is -0.388. The molecule has 0 aromatic rings. The van der Waals surface area contributed by atoms with Crippen LogP contribution in [0.2, 0.25) is 0 Å². The Kier molecular flexibility index (Phi) is 5.90. The predicted octanol–water partition coefficient (Wildman–Crippen LogP) is -0.223. The Balaban J connectivity index is 3.94. The monoisotopic (exact) mass is 223 g/mol. The van der Waals surface area contributed by atoms with Crippen LogP contribution >= 0.6 is 0 Å². The van der Waals surface area contributed by atoms with Crippen LogP contribution in [0.1, 0.15) is 13.8 Å². The molecule has 0 aliphatic carbocycles. The zero-order chi connectivity index (χ0) is 11.2. The average molecular weight is 223 g/mol. The first kappa shape index (κ1) is 13.5. The summed E-state index contributed by atoms with van der Waals surface area (Å²) < 4.78 is 29.2. The van der Waals surface area contributed by atoms with Gasteiger partial charge in [0, 0.05) is 13.0 Å². The van der Waals surface area contributed by atoms with E-state index in [0.717, 1.165) is 0 Å². The lowest BCUT2D eigenvalue weighted by molar-refractivity contribution is -0.120. The fourth-order valence-electron chi connectivity index (χ4n) is 0.650. The highest BCUT2D eigenvalue weighted by atomic mass is 32.2. The van der Waals surface area contributed by atoms with E-state index in [1.54, 1.807) is 13.8 Å². The summed E-state index contributed by atoms with van der Waals surface area (Å²) in [6.07, 6.45) is 0. The molecule has 0 fully saturated rings. The summed E-state index contributed by atoms with van der Waals surface area (Å²) in [5.41, 5.74) is 0. The average Bonchev–Trinajstić information content (AvgIpc) is 2.11. The van der Waals surface area contributed by atoms with Gasteiger partial charge in [-0.05, 0) is 0 Å². The van der Waals surface area contributed by atoms with E-state index in [4.69, 9.17) is 0 Å². The summed E-state index contributed by atoms with van der Waals surface area (Å²) in [6.45, 7) is 3.45. The Hall–Kier alpha value is -0.460. The van der Waals surface area contributed by atoms with Crippen LogP contribution in [0, 0.1) is 5.92 Å². The minimum atomic E-state index is -3.37. The molecule has 5 nitrogen and oxygen atoms in total. The molecular formula is C8H17NO4S. The molecule has 14 heavy (non-hydrogen) atoms. The van der Waals surface area contributed by atoms with Crippen molar-refractivity contribution in [2.75, 3.05) is 26.0 Å². The van der Waals surface area contributed by atoms with E-state index >= 15 is 0 Å². The second kappa shape index (κ2) is 6.10. The fourth-order valence-corrected chi connectivity index (χ4v) is 1.54. The Morgan fingerprint density at radius 1 is 1.43 bits per heavy atom. The van der Waals surface area contributed by atoms with Crippen LogP contribution in [0.3, 0.4) is 0 Å². The van der Waals surface area contributed by atoms with Gasteiger partial charge in [-0.25, -0.2) is 13.1 Å². The van der Waals surface area contributed by atoms with Crippen molar-refractivity contribution in [2.45, 2.75) is 13.8 Å². The number of sulfonamides is 1. The van der Waals surface area contributed by atoms with E-state index in [-0.39, 0.29) is 30.6 Å². The van der Waals surface area contributed by atoms with Crippen molar-refractivity contribution in [3.8, 4) is 0 Å². The normalized spacial score (nSPS) is 12.0. The Morgan fingerprint density at radius 2 is 2.00 bits per heavy atom. The smallest absolute Gasteiger partial charge is 0.214 e. The molecule has 0 aliphatic heterocycles. The minimum Gasteiger partial charge on any atom is -0.384 e. The van der Waals surface area contributed by atoms with Crippen LogP contribution in [0.5, 0.6) is 0 Å². The topological polar surface area (TPSA) is 72.5 Å². The maximum atomic E-state index is 11.2. The highest BCUT2D eigenvalue weighted by Gasteiger charge is 2.13. The number of Topliss-reactive ketones (excluding diaryl/α,β-unsaturated/α-hetero) is 1. The molecule has 0 aromatic carbocycles. The van der Waals surface area contributed by atoms with Crippen LogP contribution in [0.15, 0.2) is 0 Å². The summed E-state index contributed by atoms with van der Waals surface area (Å²) >= 11 is 0. The molecule has 0 saturated carbocycles. The largest absolute Gasteiger partial charge is 0.384 e. The van der Waals surface area contributed by atoms with E-state index in [1.807, 2.05) is 0 Å². The van der Waals surface area contributed by atoms with Gasteiger partial charge in [0.05, 0.1) is 18.9 Å². The Labute approximate surface area is 84.9 Å². The van der Waals surface area contributed by atoms with E-state index in [1.165, 1.54) is 7.11 Å². The van der Waals surface area contributed by atoms with E-state index in [2.05, 4.69) is 9.46 Å². The van der Waals surface area contributed by atoms with Crippen molar-refractivity contribution < 1.29 is 17.9 Å². The van der Waals surface area contributed by atoms with Crippen molar-refractivity contribution in [1.29, 1.82) is 0 Å². The molecule has 0 saturated heterocycles. The summed E-state index contributed by atoms with van der Waals surface area (Å²) in [4.78, 5) is 11.1. The van der Waals surface area contributed by atoms with Crippen molar-refractivity contribution in [3.05, 3.63) is 0 Å². The molecule has 0 bridgehead atoms. The Bertz CT molecular complexity index is 271. The molecule has 1 N–H and O–H groups in total. The van der Waals surface area contributed by atoms with Gasteiger partial charge in [0.15, 0.2) is 0 Å². The van der Waals surface area contributed by atoms with Gasteiger partial charge in [-0.1, -0.05) is 13.8 Å². The standard InChI is InChI=1S/C8H17NO4S/c1-7(2)8(10)6-9-14(11,12)5-4-13-3/h7,9H,4-6H2,1-3H3. The van der Waals surface area contributed by atoms with E-state index in [0.29, 0.717) is 0 Å². The zero-order valence-electron chi connectivity index (χ0n) is 8.74. The van der Waals surface area contributed by atoms with Gasteiger partial charge in [0.25, 0.3) is 0 Å². The third kappa shape index (κ3) is 6.06. The first-order chi connectivity index (χ1) is 6.39. The second-order valence-corrected chi connectivity index (χ2v) is 5.18. The molecule has 0 rings (SSSR count). The number of methoxy groups -OCH3 is 1. The molecule has 0 atom stereocenters. The van der Waals surface area contributed by atoms with E-state index < -0.39 is 10.0 Å². The summed E-state index contributed by atoms with van der Waals surface area (Å²) in [7, 11) is -1.94. The van der Waals surface area contributed by atoms with E-state index in [9.17, 15) is 13.2 Å². The number of carbonyl (C=O) groups excluding carboxylic acids is 1. The van der Waals surface area contributed by atoms with Gasteiger partial charge in [0.1, 0.15) is 5.78 Å². The number of nitrogens with one attached hydrogen (secondary N) is 1. The number of ketones is 1. The number of carbonyl (C=O) groups is 1. The summed E-state index contributed by atoms with van der Waals surface area (Å²) in [6, 6.07) is 0. The highest BCUT2D eigenvalue weighted by molar-refractivity contribution is 7.89. The third-order valence-electron chi connectivity index (χ3n) is 1.67. The summed E-state index contributed by atoms with van der Waals surface area (Å²) in [5, 5.41) is 0. The maximum Gasteiger partial charge on any atom is 0.214 e. The van der Waals surface area contributed by atoms with Gasteiger partial charge < -0.3 is 4.74 Å². The molecule has 6 heteroatoms. The lowest BCUT2D eigenvalue weighted by Gasteiger charge is -2.06. The van der Waals surface area contributed by atoms with Gasteiger partial charge in [-0.2, -0.15) is 0 Å². The Morgan fingerprint density at radius 3 is 2.43 bits per heavy atom. The van der Waals surface area contributed by atoms with Crippen molar-refractivity contribution in [1.82, 2.24) is 4.72 Å². The van der Waals surface area contributed by atoms with Crippen LogP contribution in [0.25, 0.3) is 0 Å². The van der Waals surface area contributed by atoms with Gasteiger partial charge in [-0.3, -0.25) is 4.79 Å². The third-order valence-corrected chi connectivity index (χ3v) is 2.95. The zero-order valence-corrected chi connectivity index (χ0v) is 9.56. The quantitative estimate of drug-likeness (QED) is 0.647. The van der Waals surface area contributed by atoms with Crippen molar-refractivity contribution in [2.24, 2.45) is 5.92 Å². The predicted molar refractivity (Wildman–Crippen MR) is 53.5 cm³/mol. The number of ether oxygens (including phenoxy) is 1. The lowest BCUT2D eigenvalue weighted by Crippen LogP contribution is -2.34. The highest BCUT2D eigenvalue weighted by Crippen LogP contribution is 1.93. The van der Waals surface area contributed by atoms with Crippen LogP contribution in [-0.2, 0) is 19.6 Å². The number of hydrogen-bond donors (Lipinski definition) is 1. The first-order valence-electron chi connectivity index (χ1n) is 4.38. The second-order valence-electron chi connectivity index (χ2n) is 3.25. The fraction of sp³-hybridized carbons (Fsp3) is 0.875.